The summed E-state index contributed by atoms with van der Waals surface area (Å²) in [6.45, 7) is 2.77. The van der Waals surface area contributed by atoms with Gasteiger partial charge in [-0.3, -0.25) is 4.98 Å². The average molecular weight is 442 g/mol. The van der Waals surface area contributed by atoms with E-state index in [9.17, 15) is 8.42 Å². The largest absolute Gasteiger partial charge is 0.493 e. The van der Waals surface area contributed by atoms with Gasteiger partial charge in [-0.2, -0.15) is 0 Å². The van der Waals surface area contributed by atoms with Crippen LogP contribution in [0.25, 0.3) is 16.8 Å². The molecule has 1 atom stereocenters. The van der Waals surface area contributed by atoms with Crippen LogP contribution in [0.4, 0.5) is 0 Å². The summed E-state index contributed by atoms with van der Waals surface area (Å²) >= 11 is 0. The van der Waals surface area contributed by atoms with Crippen molar-refractivity contribution in [2.45, 2.75) is 17.9 Å². The van der Waals surface area contributed by atoms with Gasteiger partial charge in [-0.15, -0.1) is 0 Å². The van der Waals surface area contributed by atoms with Crippen LogP contribution >= 0.6 is 0 Å². The zero-order chi connectivity index (χ0) is 22.3. The highest BCUT2D eigenvalue weighted by molar-refractivity contribution is 7.89. The molecule has 0 aliphatic rings. The van der Waals surface area contributed by atoms with Crippen LogP contribution in [0.5, 0.6) is 11.5 Å². The fraction of sp³-hybridized carbons (Fsp3) is 0.261. The van der Waals surface area contributed by atoms with E-state index in [2.05, 4.69) is 15.0 Å². The third-order valence-electron chi connectivity index (χ3n) is 4.80. The van der Waals surface area contributed by atoms with Gasteiger partial charge in [0.05, 0.1) is 19.1 Å². The van der Waals surface area contributed by atoms with Crippen LogP contribution in [0.3, 0.4) is 0 Å². The van der Waals surface area contributed by atoms with Gasteiger partial charge in [-0.25, -0.2) is 13.1 Å². The van der Waals surface area contributed by atoms with Gasteiger partial charge in [-0.1, -0.05) is 30.4 Å². The Bertz CT molecular complexity index is 1160. The summed E-state index contributed by atoms with van der Waals surface area (Å²) in [5.74, 6) is 1.35. The highest BCUT2D eigenvalue weighted by Gasteiger charge is 2.16. The molecule has 1 unspecified atom stereocenters. The van der Waals surface area contributed by atoms with Crippen LogP contribution < -0.4 is 19.5 Å². The Morgan fingerprint density at radius 1 is 1.06 bits per heavy atom. The molecule has 1 heterocycles. The van der Waals surface area contributed by atoms with Gasteiger partial charge in [0, 0.05) is 42.3 Å². The molecule has 7 nitrogen and oxygen atoms in total. The molecule has 3 rings (SSSR count). The van der Waals surface area contributed by atoms with Crippen LogP contribution in [0, 0.1) is 0 Å². The Kier molecular flexibility index (Phi) is 7.62. The highest BCUT2D eigenvalue weighted by Crippen LogP contribution is 2.28. The number of aromatic nitrogens is 1. The van der Waals surface area contributed by atoms with Crippen LogP contribution in [0.15, 0.2) is 65.8 Å². The molecule has 8 heteroatoms. The smallest absolute Gasteiger partial charge is 0.241 e. The predicted molar refractivity (Wildman–Crippen MR) is 123 cm³/mol. The Morgan fingerprint density at radius 2 is 1.87 bits per heavy atom. The van der Waals surface area contributed by atoms with Crippen molar-refractivity contribution < 1.29 is 17.9 Å². The summed E-state index contributed by atoms with van der Waals surface area (Å²) in [4.78, 5) is 4.30. The molecule has 0 aliphatic carbocycles. The lowest BCUT2D eigenvalue weighted by Gasteiger charge is -2.12. The van der Waals surface area contributed by atoms with Crippen LogP contribution in [-0.4, -0.2) is 46.8 Å². The second kappa shape index (κ2) is 10.4. The maximum absolute atomic E-state index is 12.7. The first-order valence-electron chi connectivity index (χ1n) is 9.90. The fourth-order valence-corrected chi connectivity index (χ4v) is 4.43. The summed E-state index contributed by atoms with van der Waals surface area (Å²) in [6, 6.07) is 12.6. The Labute approximate surface area is 183 Å². The van der Waals surface area contributed by atoms with E-state index >= 15 is 0 Å². The molecule has 0 amide bonds. The number of fused-ring (bicyclic) bond motifs is 1. The predicted octanol–water partition coefficient (Wildman–Crippen LogP) is 3.22. The summed E-state index contributed by atoms with van der Waals surface area (Å²) < 4.78 is 38.7. The standard InChI is InChI=1S/C23H27N3O4S/c1-17(7-8-18-9-10-21(29-2)22(15-18)30-3)25-13-14-26-31(27,28)23-6-4-5-19-16-24-12-11-20(19)23/h4-12,15-17,25-26H,13-14H2,1-3H3. The van der Waals surface area contributed by atoms with Crippen molar-refractivity contribution >= 4 is 26.9 Å². The number of rotatable bonds is 10. The first kappa shape index (κ1) is 22.7. The first-order valence-corrected chi connectivity index (χ1v) is 11.4. The molecule has 31 heavy (non-hydrogen) atoms. The van der Waals surface area contributed by atoms with Crippen molar-refractivity contribution in [2.75, 3.05) is 27.3 Å². The lowest BCUT2D eigenvalue weighted by molar-refractivity contribution is 0.355. The fourth-order valence-electron chi connectivity index (χ4n) is 3.17. The number of hydrogen-bond acceptors (Lipinski definition) is 6. The molecular formula is C23H27N3O4S. The molecule has 0 fully saturated rings. The van der Waals surface area contributed by atoms with Crippen molar-refractivity contribution in [3.05, 3.63) is 66.5 Å². The van der Waals surface area contributed by atoms with Crippen molar-refractivity contribution in [1.29, 1.82) is 0 Å². The van der Waals surface area contributed by atoms with E-state index in [1.165, 1.54) is 0 Å². The van der Waals surface area contributed by atoms with E-state index in [0.717, 1.165) is 10.9 Å². The number of benzene rings is 2. The SMILES string of the molecule is COc1ccc(C=CC(C)NCCNS(=O)(=O)c2cccc3cnccc23)cc1OC. The number of ether oxygens (including phenoxy) is 2. The third kappa shape index (κ3) is 5.81. The zero-order valence-electron chi connectivity index (χ0n) is 17.8. The van der Waals surface area contributed by atoms with E-state index in [1.807, 2.05) is 43.3 Å². The van der Waals surface area contributed by atoms with Gasteiger partial charge in [0.25, 0.3) is 0 Å². The van der Waals surface area contributed by atoms with E-state index in [0.29, 0.717) is 23.4 Å². The number of hydrogen-bond donors (Lipinski definition) is 2. The lowest BCUT2D eigenvalue weighted by atomic mass is 10.1. The Hall–Kier alpha value is -2.94. The molecule has 3 aromatic rings. The van der Waals surface area contributed by atoms with Gasteiger partial charge < -0.3 is 14.8 Å². The van der Waals surface area contributed by atoms with Crippen LogP contribution in [-0.2, 0) is 10.0 Å². The molecule has 0 bridgehead atoms. The molecule has 0 saturated heterocycles. The average Bonchev–Trinajstić information content (AvgIpc) is 2.79. The van der Waals surface area contributed by atoms with Crippen molar-refractivity contribution in [3.8, 4) is 11.5 Å². The van der Waals surface area contributed by atoms with E-state index in [4.69, 9.17) is 9.47 Å². The van der Waals surface area contributed by atoms with Gasteiger partial charge >= 0.3 is 0 Å². The molecule has 0 radical (unpaired) electrons. The third-order valence-corrected chi connectivity index (χ3v) is 6.32. The number of sulfonamides is 1. The lowest BCUT2D eigenvalue weighted by Crippen LogP contribution is -2.35. The maximum Gasteiger partial charge on any atom is 0.241 e. The van der Waals surface area contributed by atoms with Crippen molar-refractivity contribution in [2.24, 2.45) is 0 Å². The van der Waals surface area contributed by atoms with Crippen molar-refractivity contribution in [1.82, 2.24) is 15.0 Å². The summed E-state index contributed by atoms with van der Waals surface area (Å²) in [5.41, 5.74) is 0.984. The van der Waals surface area contributed by atoms with E-state index in [-0.39, 0.29) is 17.5 Å². The van der Waals surface area contributed by atoms with Crippen LogP contribution in [0.1, 0.15) is 12.5 Å². The van der Waals surface area contributed by atoms with E-state index < -0.39 is 10.0 Å². The van der Waals surface area contributed by atoms with Crippen LogP contribution in [0.2, 0.25) is 0 Å². The second-order valence-electron chi connectivity index (χ2n) is 6.97. The van der Waals surface area contributed by atoms with Gasteiger partial charge in [0.1, 0.15) is 0 Å². The number of methoxy groups -OCH3 is 2. The maximum atomic E-state index is 12.7. The summed E-state index contributed by atoms with van der Waals surface area (Å²) in [5, 5.41) is 4.73. The molecule has 0 spiro atoms. The topological polar surface area (TPSA) is 89.6 Å². The molecule has 164 valence electrons. The molecule has 2 aromatic carbocycles. The first-order chi connectivity index (χ1) is 14.9. The normalized spacial score (nSPS) is 12.9. The Morgan fingerprint density at radius 3 is 2.65 bits per heavy atom. The monoisotopic (exact) mass is 441 g/mol. The van der Waals surface area contributed by atoms with E-state index in [1.54, 1.807) is 44.8 Å². The minimum atomic E-state index is -3.62. The Balaban J connectivity index is 1.53. The number of nitrogens with one attached hydrogen (secondary N) is 2. The summed E-state index contributed by atoms with van der Waals surface area (Å²) in [6.07, 6.45) is 7.24. The number of pyridine rings is 1. The van der Waals surface area contributed by atoms with Crippen molar-refractivity contribution in [3.63, 3.8) is 0 Å². The minimum Gasteiger partial charge on any atom is -0.493 e. The molecule has 0 saturated carbocycles. The minimum absolute atomic E-state index is 0.0567. The van der Waals surface area contributed by atoms with Gasteiger partial charge in [-0.05, 0) is 36.8 Å². The quantitative estimate of drug-likeness (QED) is 0.470. The number of nitrogens with zero attached hydrogens (tertiary/aromatic N) is 1. The highest BCUT2D eigenvalue weighted by atomic mass is 32.2. The molecule has 1 aromatic heterocycles. The zero-order valence-corrected chi connectivity index (χ0v) is 18.6. The van der Waals surface area contributed by atoms with Gasteiger partial charge in [0.15, 0.2) is 11.5 Å². The van der Waals surface area contributed by atoms with Gasteiger partial charge in [0.2, 0.25) is 10.0 Å². The molecular weight excluding hydrogens is 414 g/mol. The second-order valence-corrected chi connectivity index (χ2v) is 8.70. The summed E-state index contributed by atoms with van der Waals surface area (Å²) in [7, 11) is -0.411. The molecule has 2 N–H and O–H groups in total. The molecule has 0 aliphatic heterocycles.